The molecule has 21 heavy (non-hydrogen) atoms. The maximum Gasteiger partial charge on any atom is 0.183 e. The molecule has 4 heteroatoms. The number of Topliss-reactive ketones (excluding diaryl/α,β-unsaturated/α-hetero) is 1. The van der Waals surface area contributed by atoms with Crippen LogP contribution in [0.2, 0.25) is 0 Å². The van der Waals surface area contributed by atoms with E-state index in [4.69, 9.17) is 15.2 Å². The van der Waals surface area contributed by atoms with Crippen LogP contribution in [0.15, 0.2) is 53.8 Å². The van der Waals surface area contributed by atoms with Gasteiger partial charge in [-0.05, 0) is 18.1 Å². The summed E-state index contributed by atoms with van der Waals surface area (Å²) in [6, 6.07) is 9.19. The summed E-state index contributed by atoms with van der Waals surface area (Å²) in [6.07, 6.45) is 4.64. The second-order valence-electron chi connectivity index (χ2n) is 5.04. The molecular formula is C17H21NO3. The van der Waals surface area contributed by atoms with Crippen LogP contribution in [0.5, 0.6) is 0 Å². The highest BCUT2D eigenvalue weighted by Gasteiger charge is 2.25. The molecule has 0 radical (unpaired) electrons. The number of carbonyl (C=O) groups is 1. The number of hydrogen-bond donors (Lipinski definition) is 1. The molecule has 0 amide bonds. The number of rotatable bonds is 6. The van der Waals surface area contributed by atoms with Crippen molar-refractivity contribution in [2.45, 2.75) is 25.0 Å². The average Bonchev–Trinajstić information content (AvgIpc) is 2.54. The van der Waals surface area contributed by atoms with Crippen molar-refractivity contribution in [3.8, 4) is 0 Å². The molecule has 0 spiro atoms. The largest absolute Gasteiger partial charge is 0.500 e. The summed E-state index contributed by atoms with van der Waals surface area (Å²) in [7, 11) is 3.20. The van der Waals surface area contributed by atoms with Gasteiger partial charge in [-0.25, -0.2) is 0 Å². The lowest BCUT2D eigenvalue weighted by molar-refractivity contribution is -0.116. The molecule has 0 bridgehead atoms. The molecule has 2 N–H and O–H groups in total. The van der Waals surface area contributed by atoms with E-state index in [0.717, 1.165) is 5.56 Å². The van der Waals surface area contributed by atoms with E-state index >= 15 is 0 Å². The Morgan fingerprint density at radius 3 is 2.67 bits per heavy atom. The first kappa shape index (κ1) is 15.5. The Kier molecular flexibility index (Phi) is 5.31. The number of methoxy groups -OCH3 is 2. The van der Waals surface area contributed by atoms with Crippen molar-refractivity contribution >= 4 is 5.78 Å². The van der Waals surface area contributed by atoms with Gasteiger partial charge in [-0.2, -0.15) is 0 Å². The lowest BCUT2D eigenvalue weighted by atomic mass is 9.93. The van der Waals surface area contributed by atoms with Gasteiger partial charge < -0.3 is 15.2 Å². The van der Waals surface area contributed by atoms with E-state index in [9.17, 15) is 4.79 Å². The second kappa shape index (κ2) is 7.20. The highest BCUT2D eigenvalue weighted by atomic mass is 16.5. The fraction of sp³-hybridized carbons (Fsp3) is 0.353. The van der Waals surface area contributed by atoms with Gasteiger partial charge in [0.15, 0.2) is 5.78 Å². The number of ether oxygens (including phenoxy) is 2. The third-order valence-electron chi connectivity index (χ3n) is 3.61. The minimum absolute atomic E-state index is 0.0538. The quantitative estimate of drug-likeness (QED) is 0.869. The second-order valence-corrected chi connectivity index (χ2v) is 5.04. The summed E-state index contributed by atoms with van der Waals surface area (Å²) in [5, 5.41) is 0. The molecule has 0 saturated heterocycles. The lowest BCUT2D eigenvalue weighted by Gasteiger charge is -2.21. The van der Waals surface area contributed by atoms with Gasteiger partial charge in [0.2, 0.25) is 0 Å². The van der Waals surface area contributed by atoms with E-state index in [1.165, 1.54) is 0 Å². The van der Waals surface area contributed by atoms with E-state index in [2.05, 4.69) is 0 Å². The van der Waals surface area contributed by atoms with Crippen LogP contribution in [0.25, 0.3) is 0 Å². The van der Waals surface area contributed by atoms with Gasteiger partial charge in [-0.3, -0.25) is 4.79 Å². The van der Waals surface area contributed by atoms with Crippen molar-refractivity contribution in [3.63, 3.8) is 0 Å². The van der Waals surface area contributed by atoms with Crippen molar-refractivity contribution in [1.29, 1.82) is 0 Å². The summed E-state index contributed by atoms with van der Waals surface area (Å²) in [6.45, 7) is 0. The van der Waals surface area contributed by atoms with Crippen LogP contribution in [0.1, 0.15) is 12.0 Å². The zero-order valence-corrected chi connectivity index (χ0v) is 12.4. The lowest BCUT2D eigenvalue weighted by Crippen LogP contribution is -2.35. The topological polar surface area (TPSA) is 61.5 Å². The number of ketones is 1. The molecule has 1 aromatic rings. The molecule has 2 atom stereocenters. The molecule has 4 nitrogen and oxygen atoms in total. The van der Waals surface area contributed by atoms with Gasteiger partial charge in [0, 0.05) is 13.5 Å². The molecular weight excluding hydrogens is 266 g/mol. The molecule has 1 aromatic carbocycles. The maximum absolute atomic E-state index is 12.5. The summed E-state index contributed by atoms with van der Waals surface area (Å²) in [5.41, 5.74) is 7.66. The monoisotopic (exact) mass is 287 g/mol. The van der Waals surface area contributed by atoms with E-state index in [-0.39, 0.29) is 11.9 Å². The zero-order chi connectivity index (χ0) is 15.2. The van der Waals surface area contributed by atoms with Crippen molar-refractivity contribution in [2.24, 2.45) is 5.73 Å². The van der Waals surface area contributed by atoms with Crippen molar-refractivity contribution in [1.82, 2.24) is 0 Å². The number of nitrogens with two attached hydrogens (primary N) is 1. The average molecular weight is 287 g/mol. The van der Waals surface area contributed by atoms with Gasteiger partial charge in [0.25, 0.3) is 0 Å². The number of allylic oxidation sites excluding steroid dienone is 1. The third-order valence-corrected chi connectivity index (χ3v) is 3.61. The number of benzene rings is 1. The summed E-state index contributed by atoms with van der Waals surface area (Å²) in [4.78, 5) is 12.5. The Hall–Kier alpha value is -1.91. The standard InChI is InChI=1S/C17H21NO3/c1-20-13-8-9-14(16(11-13)21-2)17(19)15(18)10-12-6-4-3-5-7-12/h3-9,13,15H,10-11,18H2,1-2H3/t13?,15-/m0/s1. The number of hydrogen-bond acceptors (Lipinski definition) is 4. The van der Waals surface area contributed by atoms with Crippen LogP contribution in [-0.2, 0) is 20.7 Å². The summed E-state index contributed by atoms with van der Waals surface area (Å²) < 4.78 is 10.6. The SMILES string of the molecule is COC1=C(C(=O)[C@@H](N)Cc2ccccc2)C=CC(OC)C1. The Labute approximate surface area is 125 Å². The van der Waals surface area contributed by atoms with Crippen molar-refractivity contribution < 1.29 is 14.3 Å². The predicted molar refractivity (Wildman–Crippen MR) is 81.7 cm³/mol. The van der Waals surface area contributed by atoms with Crippen LogP contribution in [0, 0.1) is 0 Å². The molecule has 1 unspecified atom stereocenters. The van der Waals surface area contributed by atoms with Crippen LogP contribution < -0.4 is 5.73 Å². The van der Waals surface area contributed by atoms with Crippen LogP contribution in [-0.4, -0.2) is 32.1 Å². The molecule has 1 aliphatic rings. The Morgan fingerprint density at radius 2 is 2.05 bits per heavy atom. The summed E-state index contributed by atoms with van der Waals surface area (Å²) >= 11 is 0. The third kappa shape index (κ3) is 3.80. The fourth-order valence-corrected chi connectivity index (χ4v) is 2.39. The minimum Gasteiger partial charge on any atom is -0.500 e. The molecule has 0 saturated carbocycles. The summed E-state index contributed by atoms with van der Waals surface area (Å²) in [5.74, 6) is 0.541. The molecule has 0 heterocycles. The minimum atomic E-state index is -0.573. The smallest absolute Gasteiger partial charge is 0.183 e. The molecule has 0 aliphatic heterocycles. The van der Waals surface area contributed by atoms with Crippen molar-refractivity contribution in [3.05, 3.63) is 59.4 Å². The van der Waals surface area contributed by atoms with Crippen LogP contribution in [0.4, 0.5) is 0 Å². The van der Waals surface area contributed by atoms with Gasteiger partial charge in [0.05, 0.1) is 24.8 Å². The van der Waals surface area contributed by atoms with E-state index < -0.39 is 6.04 Å². The highest BCUT2D eigenvalue weighted by molar-refractivity contribution is 6.02. The first-order valence-corrected chi connectivity index (χ1v) is 6.97. The number of carbonyl (C=O) groups excluding carboxylic acids is 1. The van der Waals surface area contributed by atoms with E-state index in [1.54, 1.807) is 20.3 Å². The Morgan fingerprint density at radius 1 is 1.33 bits per heavy atom. The van der Waals surface area contributed by atoms with Crippen molar-refractivity contribution in [2.75, 3.05) is 14.2 Å². The molecule has 0 aromatic heterocycles. The van der Waals surface area contributed by atoms with Gasteiger partial charge in [-0.1, -0.05) is 36.4 Å². The highest BCUT2D eigenvalue weighted by Crippen LogP contribution is 2.23. The van der Waals surface area contributed by atoms with E-state index in [1.807, 2.05) is 36.4 Å². The fourth-order valence-electron chi connectivity index (χ4n) is 2.39. The van der Waals surface area contributed by atoms with Gasteiger partial charge in [0.1, 0.15) is 5.76 Å². The normalized spacial score (nSPS) is 19.5. The Balaban J connectivity index is 2.11. The zero-order valence-electron chi connectivity index (χ0n) is 12.4. The first-order valence-electron chi connectivity index (χ1n) is 6.97. The van der Waals surface area contributed by atoms with Gasteiger partial charge in [-0.15, -0.1) is 0 Å². The van der Waals surface area contributed by atoms with Crippen LogP contribution in [0.3, 0.4) is 0 Å². The Bertz CT molecular complexity index is 548. The first-order chi connectivity index (χ1) is 10.2. The van der Waals surface area contributed by atoms with E-state index in [0.29, 0.717) is 24.2 Å². The molecule has 112 valence electrons. The predicted octanol–water partition coefficient (Wildman–Crippen LogP) is 2.00. The van der Waals surface area contributed by atoms with Gasteiger partial charge >= 0.3 is 0 Å². The molecule has 2 rings (SSSR count). The maximum atomic E-state index is 12.5. The molecule has 0 fully saturated rings. The van der Waals surface area contributed by atoms with Crippen LogP contribution >= 0.6 is 0 Å². The molecule has 1 aliphatic carbocycles.